The quantitative estimate of drug-likeness (QED) is 0.883. The van der Waals surface area contributed by atoms with Crippen LogP contribution in [0.1, 0.15) is 37.7 Å². The van der Waals surface area contributed by atoms with Crippen LogP contribution < -0.4 is 4.90 Å². The van der Waals surface area contributed by atoms with Gasteiger partial charge in [-0.15, -0.1) is 0 Å². The number of anilines is 1. The number of rotatable bonds is 5. The van der Waals surface area contributed by atoms with Crippen molar-refractivity contribution in [3.8, 4) is 0 Å². The van der Waals surface area contributed by atoms with Gasteiger partial charge in [-0.05, 0) is 12.8 Å². The molecule has 1 aliphatic carbocycles. The highest BCUT2D eigenvalue weighted by Gasteiger charge is 2.34. The van der Waals surface area contributed by atoms with Crippen molar-refractivity contribution in [3.63, 3.8) is 0 Å². The molecule has 0 aromatic carbocycles. The van der Waals surface area contributed by atoms with Crippen LogP contribution in [-0.4, -0.2) is 52.6 Å². The fourth-order valence-corrected chi connectivity index (χ4v) is 2.65. The Balaban J connectivity index is 1.91. The first-order valence-electron chi connectivity index (χ1n) is 7.34. The fourth-order valence-electron chi connectivity index (χ4n) is 2.65. The molecule has 2 rings (SSSR count). The summed E-state index contributed by atoms with van der Waals surface area (Å²) in [6, 6.07) is 0. The second-order valence-corrected chi connectivity index (χ2v) is 6.14. The maximum atomic E-state index is 12.2. The first-order chi connectivity index (χ1) is 9.89. The molecule has 0 atom stereocenters. The molecule has 116 valence electrons. The van der Waals surface area contributed by atoms with Crippen molar-refractivity contribution in [3.05, 3.63) is 18.0 Å². The monoisotopic (exact) mass is 292 g/mol. The predicted molar refractivity (Wildman–Crippen MR) is 80.9 cm³/mol. The number of hydrogen-bond acceptors (Lipinski definition) is 5. The molecule has 1 aromatic heterocycles. The third-order valence-corrected chi connectivity index (χ3v) is 3.95. The molecule has 1 N–H and O–H groups in total. The summed E-state index contributed by atoms with van der Waals surface area (Å²) in [6.07, 6.45) is 7.15. The number of amides is 1. The first-order valence-corrected chi connectivity index (χ1v) is 7.34. The number of aromatic nitrogens is 2. The molecule has 0 radical (unpaired) electrons. The third-order valence-electron chi connectivity index (χ3n) is 3.95. The number of aliphatic hydroxyl groups is 1. The second kappa shape index (κ2) is 6.39. The van der Waals surface area contributed by atoms with Crippen LogP contribution in [0, 0.1) is 0 Å². The van der Waals surface area contributed by atoms with E-state index in [0.717, 1.165) is 31.2 Å². The summed E-state index contributed by atoms with van der Waals surface area (Å²) in [5.41, 5.74) is 0.0891. The highest BCUT2D eigenvalue weighted by atomic mass is 16.3. The average molecular weight is 292 g/mol. The standard InChI is InChI=1S/C15H24N4O2/c1-18(2)14-16-9-12(10-17-14)11-19(3)13(20)8-15(21)6-4-5-7-15/h9-10,21H,4-8,11H2,1-3H3. The maximum Gasteiger partial charge on any atom is 0.225 e. The Morgan fingerprint density at radius 1 is 1.24 bits per heavy atom. The lowest BCUT2D eigenvalue weighted by atomic mass is 9.97. The van der Waals surface area contributed by atoms with Crippen molar-refractivity contribution in [1.82, 2.24) is 14.9 Å². The van der Waals surface area contributed by atoms with Crippen LogP contribution in [0.25, 0.3) is 0 Å². The van der Waals surface area contributed by atoms with Gasteiger partial charge in [-0.25, -0.2) is 9.97 Å². The number of carbonyl (C=O) groups excluding carboxylic acids is 1. The molecule has 1 aliphatic rings. The first kappa shape index (κ1) is 15.7. The van der Waals surface area contributed by atoms with Gasteiger partial charge in [0.1, 0.15) is 0 Å². The molecule has 0 aliphatic heterocycles. The summed E-state index contributed by atoms with van der Waals surface area (Å²) < 4.78 is 0. The van der Waals surface area contributed by atoms with E-state index in [-0.39, 0.29) is 12.3 Å². The molecule has 1 heterocycles. The zero-order valence-electron chi connectivity index (χ0n) is 13.0. The lowest BCUT2D eigenvalue weighted by Gasteiger charge is -2.25. The summed E-state index contributed by atoms with van der Waals surface area (Å²) >= 11 is 0. The van der Waals surface area contributed by atoms with Crippen LogP contribution in [0.3, 0.4) is 0 Å². The van der Waals surface area contributed by atoms with Gasteiger partial charge in [0.2, 0.25) is 11.9 Å². The van der Waals surface area contributed by atoms with Gasteiger partial charge >= 0.3 is 0 Å². The van der Waals surface area contributed by atoms with Gasteiger partial charge in [0.15, 0.2) is 0 Å². The summed E-state index contributed by atoms with van der Waals surface area (Å²) in [4.78, 5) is 24.1. The summed E-state index contributed by atoms with van der Waals surface area (Å²) in [5.74, 6) is 0.615. The van der Waals surface area contributed by atoms with Crippen LogP contribution in [0.4, 0.5) is 5.95 Å². The lowest BCUT2D eigenvalue weighted by Crippen LogP contribution is -2.35. The van der Waals surface area contributed by atoms with Crippen molar-refractivity contribution >= 4 is 11.9 Å². The molecular formula is C15H24N4O2. The minimum Gasteiger partial charge on any atom is -0.389 e. The van der Waals surface area contributed by atoms with Crippen LogP contribution in [0.15, 0.2) is 12.4 Å². The van der Waals surface area contributed by atoms with Gasteiger partial charge in [-0.3, -0.25) is 4.79 Å². The van der Waals surface area contributed by atoms with E-state index in [4.69, 9.17) is 0 Å². The Kier molecular flexibility index (Phi) is 4.77. The molecular weight excluding hydrogens is 268 g/mol. The van der Waals surface area contributed by atoms with Gasteiger partial charge in [0, 0.05) is 45.6 Å². The van der Waals surface area contributed by atoms with Crippen molar-refractivity contribution < 1.29 is 9.90 Å². The lowest BCUT2D eigenvalue weighted by molar-refractivity contribution is -0.135. The van der Waals surface area contributed by atoms with E-state index in [2.05, 4.69) is 9.97 Å². The Labute approximate surface area is 125 Å². The van der Waals surface area contributed by atoms with E-state index in [1.165, 1.54) is 0 Å². The molecule has 1 fully saturated rings. The molecule has 21 heavy (non-hydrogen) atoms. The SMILES string of the molecule is CN(Cc1cnc(N(C)C)nc1)C(=O)CC1(O)CCCC1. The van der Waals surface area contributed by atoms with Crippen molar-refractivity contribution in [2.75, 3.05) is 26.0 Å². The van der Waals surface area contributed by atoms with Crippen molar-refractivity contribution in [2.45, 2.75) is 44.2 Å². The molecule has 6 nitrogen and oxygen atoms in total. The van der Waals surface area contributed by atoms with Crippen molar-refractivity contribution in [1.29, 1.82) is 0 Å². The predicted octanol–water partition coefficient (Wildman–Crippen LogP) is 1.20. The normalized spacial score (nSPS) is 16.8. The molecule has 0 unspecified atom stereocenters. The molecule has 0 saturated heterocycles. The Hall–Kier alpha value is -1.69. The number of hydrogen-bond donors (Lipinski definition) is 1. The van der Waals surface area contributed by atoms with Crippen LogP contribution in [0.2, 0.25) is 0 Å². The van der Waals surface area contributed by atoms with Crippen molar-refractivity contribution in [2.24, 2.45) is 0 Å². The largest absolute Gasteiger partial charge is 0.389 e. The van der Waals surface area contributed by atoms with Gasteiger partial charge < -0.3 is 14.9 Å². The van der Waals surface area contributed by atoms with E-state index in [9.17, 15) is 9.90 Å². The van der Waals surface area contributed by atoms with E-state index in [0.29, 0.717) is 12.5 Å². The number of carbonyl (C=O) groups is 1. The summed E-state index contributed by atoms with van der Waals surface area (Å²) in [7, 11) is 5.51. The average Bonchev–Trinajstić information content (AvgIpc) is 2.85. The topological polar surface area (TPSA) is 69.6 Å². The molecule has 1 aromatic rings. The maximum absolute atomic E-state index is 12.2. The van der Waals surface area contributed by atoms with Gasteiger partial charge in [-0.1, -0.05) is 12.8 Å². The highest BCUT2D eigenvalue weighted by molar-refractivity contribution is 5.77. The van der Waals surface area contributed by atoms with Gasteiger partial charge in [-0.2, -0.15) is 0 Å². The van der Waals surface area contributed by atoms with E-state index >= 15 is 0 Å². The molecule has 0 bridgehead atoms. The van der Waals surface area contributed by atoms with Crippen LogP contribution in [-0.2, 0) is 11.3 Å². The Morgan fingerprint density at radius 2 is 1.81 bits per heavy atom. The second-order valence-electron chi connectivity index (χ2n) is 6.14. The van der Waals surface area contributed by atoms with Crippen LogP contribution >= 0.6 is 0 Å². The van der Waals surface area contributed by atoms with E-state index < -0.39 is 5.60 Å². The minimum atomic E-state index is -0.795. The highest BCUT2D eigenvalue weighted by Crippen LogP contribution is 2.32. The van der Waals surface area contributed by atoms with Crippen LogP contribution in [0.5, 0.6) is 0 Å². The molecule has 1 amide bonds. The van der Waals surface area contributed by atoms with E-state index in [1.807, 2.05) is 19.0 Å². The summed E-state index contributed by atoms with van der Waals surface area (Å²) in [6.45, 7) is 0.461. The molecule has 0 spiro atoms. The molecule has 6 heteroatoms. The zero-order valence-corrected chi connectivity index (χ0v) is 13.0. The smallest absolute Gasteiger partial charge is 0.225 e. The Bertz CT molecular complexity index is 481. The Morgan fingerprint density at radius 3 is 2.33 bits per heavy atom. The zero-order chi connectivity index (χ0) is 15.5. The number of nitrogens with zero attached hydrogens (tertiary/aromatic N) is 4. The molecule has 1 saturated carbocycles. The fraction of sp³-hybridized carbons (Fsp3) is 0.667. The van der Waals surface area contributed by atoms with Gasteiger partial charge in [0.25, 0.3) is 0 Å². The van der Waals surface area contributed by atoms with E-state index in [1.54, 1.807) is 24.3 Å². The third kappa shape index (κ3) is 4.14. The minimum absolute atomic E-state index is 0.0314. The van der Waals surface area contributed by atoms with Gasteiger partial charge in [0.05, 0.1) is 12.0 Å². The summed E-state index contributed by atoms with van der Waals surface area (Å²) in [5, 5.41) is 10.3.